The summed E-state index contributed by atoms with van der Waals surface area (Å²) >= 11 is 1.20. The fraction of sp³-hybridized carbons (Fsp3) is 0.259. The Bertz CT molecular complexity index is 1570. The lowest BCUT2D eigenvalue weighted by molar-refractivity contribution is -0.139. The zero-order valence-electron chi connectivity index (χ0n) is 21.1. The van der Waals surface area contributed by atoms with Gasteiger partial charge in [0, 0.05) is 5.56 Å². The standard InChI is InChI=1S/C27H26N2O7S/c1-6-36-26(32)21-15(2)28-27-29(22(21)18-8-7-9-19(33-3)23(18)34-4)24(30)20(37-27)14-16-10-12-17(13-11-16)25(31)35-5/h7-14,22H,6H2,1-5H3. The number of carbonyl (C=O) groups is 2. The summed E-state index contributed by atoms with van der Waals surface area (Å²) < 4.78 is 23.1. The maximum Gasteiger partial charge on any atom is 0.338 e. The Morgan fingerprint density at radius 2 is 1.78 bits per heavy atom. The molecule has 1 unspecified atom stereocenters. The lowest BCUT2D eigenvalue weighted by atomic mass is 9.94. The number of para-hydroxylation sites is 1. The molecule has 1 atom stereocenters. The van der Waals surface area contributed by atoms with Crippen molar-refractivity contribution in [2.24, 2.45) is 4.99 Å². The molecule has 0 spiro atoms. The van der Waals surface area contributed by atoms with E-state index in [9.17, 15) is 14.4 Å². The number of allylic oxidation sites excluding steroid dienone is 1. The number of hydrogen-bond donors (Lipinski definition) is 0. The second-order valence-corrected chi connectivity index (χ2v) is 9.01. The Morgan fingerprint density at radius 3 is 2.41 bits per heavy atom. The fourth-order valence-electron chi connectivity index (χ4n) is 4.20. The maximum absolute atomic E-state index is 13.8. The van der Waals surface area contributed by atoms with E-state index in [0.717, 1.165) is 5.56 Å². The van der Waals surface area contributed by atoms with Crippen molar-refractivity contribution in [3.63, 3.8) is 0 Å². The highest BCUT2D eigenvalue weighted by atomic mass is 32.1. The van der Waals surface area contributed by atoms with Crippen molar-refractivity contribution in [3.05, 3.63) is 90.1 Å². The number of benzene rings is 2. The Hall–Kier alpha value is -4.18. The zero-order valence-corrected chi connectivity index (χ0v) is 21.9. The van der Waals surface area contributed by atoms with Crippen LogP contribution in [0.1, 0.15) is 41.4 Å². The number of fused-ring (bicyclic) bond motifs is 1. The van der Waals surface area contributed by atoms with E-state index in [1.54, 1.807) is 62.4 Å². The molecule has 1 aliphatic heterocycles. The highest BCUT2D eigenvalue weighted by molar-refractivity contribution is 7.07. The lowest BCUT2D eigenvalue weighted by Crippen LogP contribution is -2.40. The molecule has 0 N–H and O–H groups in total. The highest BCUT2D eigenvalue weighted by Crippen LogP contribution is 2.40. The topological polar surface area (TPSA) is 105 Å². The molecule has 0 fully saturated rings. The number of carbonyl (C=O) groups excluding carboxylic acids is 2. The van der Waals surface area contributed by atoms with Crippen molar-refractivity contribution in [1.82, 2.24) is 4.57 Å². The van der Waals surface area contributed by atoms with Crippen molar-refractivity contribution < 1.29 is 28.5 Å². The molecule has 2 heterocycles. The Balaban J connectivity index is 1.94. The Labute approximate surface area is 216 Å². The van der Waals surface area contributed by atoms with E-state index in [-0.39, 0.29) is 17.7 Å². The van der Waals surface area contributed by atoms with E-state index in [4.69, 9.17) is 18.9 Å². The minimum absolute atomic E-state index is 0.170. The molecule has 0 saturated heterocycles. The smallest absolute Gasteiger partial charge is 0.338 e. The van der Waals surface area contributed by atoms with Gasteiger partial charge in [0.15, 0.2) is 16.3 Å². The van der Waals surface area contributed by atoms with Crippen LogP contribution in [0.5, 0.6) is 11.5 Å². The van der Waals surface area contributed by atoms with Crippen molar-refractivity contribution >= 4 is 29.4 Å². The number of aromatic nitrogens is 1. The average molecular weight is 523 g/mol. The third-order valence-corrected chi connectivity index (χ3v) is 6.86. The van der Waals surface area contributed by atoms with Crippen LogP contribution >= 0.6 is 11.3 Å². The highest BCUT2D eigenvalue weighted by Gasteiger charge is 2.35. The largest absolute Gasteiger partial charge is 0.493 e. The van der Waals surface area contributed by atoms with E-state index in [0.29, 0.717) is 37.7 Å². The van der Waals surface area contributed by atoms with Crippen molar-refractivity contribution in [3.8, 4) is 11.5 Å². The molecule has 0 bridgehead atoms. The normalized spacial score (nSPS) is 15.1. The molecule has 1 aromatic heterocycles. The number of esters is 2. The summed E-state index contributed by atoms with van der Waals surface area (Å²) in [4.78, 5) is 43.6. The first-order chi connectivity index (χ1) is 17.8. The molecule has 0 saturated carbocycles. The van der Waals surface area contributed by atoms with E-state index in [1.165, 1.54) is 37.2 Å². The quantitative estimate of drug-likeness (QED) is 0.439. The number of rotatable bonds is 7. The van der Waals surface area contributed by atoms with Crippen molar-refractivity contribution in [2.45, 2.75) is 19.9 Å². The molecule has 9 nitrogen and oxygen atoms in total. The maximum atomic E-state index is 13.8. The molecule has 3 aromatic rings. The molecule has 10 heteroatoms. The molecule has 2 aromatic carbocycles. The number of hydrogen-bond acceptors (Lipinski definition) is 9. The summed E-state index contributed by atoms with van der Waals surface area (Å²) in [6, 6.07) is 11.2. The summed E-state index contributed by atoms with van der Waals surface area (Å²) in [6.45, 7) is 3.60. The van der Waals surface area contributed by atoms with Gasteiger partial charge in [-0.3, -0.25) is 9.36 Å². The third-order valence-electron chi connectivity index (χ3n) is 5.87. The minimum Gasteiger partial charge on any atom is -0.493 e. The van der Waals surface area contributed by atoms with Crippen molar-refractivity contribution in [2.75, 3.05) is 27.9 Å². The predicted molar refractivity (Wildman–Crippen MR) is 138 cm³/mol. The van der Waals surface area contributed by atoms with Gasteiger partial charge in [-0.25, -0.2) is 14.6 Å². The predicted octanol–water partition coefficient (Wildman–Crippen LogP) is 2.60. The van der Waals surface area contributed by atoms with Gasteiger partial charge >= 0.3 is 11.9 Å². The minimum atomic E-state index is -0.843. The van der Waals surface area contributed by atoms with Gasteiger partial charge in [-0.2, -0.15) is 0 Å². The Kier molecular flexibility index (Phi) is 7.58. The average Bonchev–Trinajstić information content (AvgIpc) is 3.21. The van der Waals surface area contributed by atoms with Crippen LogP contribution in [0.3, 0.4) is 0 Å². The third kappa shape index (κ3) is 4.79. The molecule has 4 rings (SSSR count). The van der Waals surface area contributed by atoms with Crippen LogP contribution in [0, 0.1) is 0 Å². The molecule has 1 aliphatic rings. The van der Waals surface area contributed by atoms with Crippen LogP contribution in [0.15, 0.2) is 63.5 Å². The summed E-state index contributed by atoms with van der Waals surface area (Å²) in [5.41, 5.74) is 2.05. The second kappa shape index (κ2) is 10.8. The first kappa shape index (κ1) is 25.9. The van der Waals surface area contributed by atoms with Gasteiger partial charge in [0.25, 0.3) is 5.56 Å². The SMILES string of the molecule is CCOC(=O)C1=C(C)N=c2sc(=Cc3ccc(C(=O)OC)cc3)c(=O)n2C1c1cccc(OC)c1OC. The summed E-state index contributed by atoms with van der Waals surface area (Å²) in [5.74, 6) is -0.142. The van der Waals surface area contributed by atoms with Gasteiger partial charge in [0.1, 0.15) is 6.04 Å². The van der Waals surface area contributed by atoms with Gasteiger partial charge in [0.2, 0.25) is 0 Å². The summed E-state index contributed by atoms with van der Waals surface area (Å²) in [5, 5.41) is 0. The van der Waals surface area contributed by atoms with Gasteiger partial charge in [-0.1, -0.05) is 35.6 Å². The van der Waals surface area contributed by atoms with Crippen LogP contribution in [-0.4, -0.2) is 44.4 Å². The van der Waals surface area contributed by atoms with E-state index in [1.807, 2.05) is 0 Å². The first-order valence-electron chi connectivity index (χ1n) is 11.4. The summed E-state index contributed by atoms with van der Waals surface area (Å²) in [6.07, 6.45) is 1.72. The van der Waals surface area contributed by atoms with Crippen LogP contribution < -0.4 is 24.4 Å². The van der Waals surface area contributed by atoms with Gasteiger partial charge < -0.3 is 18.9 Å². The number of ether oxygens (including phenoxy) is 4. The molecular weight excluding hydrogens is 496 g/mol. The monoisotopic (exact) mass is 522 g/mol. The lowest BCUT2D eigenvalue weighted by Gasteiger charge is -2.26. The molecule has 192 valence electrons. The first-order valence-corrected chi connectivity index (χ1v) is 12.2. The van der Waals surface area contributed by atoms with E-state index in [2.05, 4.69) is 4.99 Å². The molecule has 0 radical (unpaired) electrons. The van der Waals surface area contributed by atoms with Gasteiger partial charge in [-0.05, 0) is 43.7 Å². The zero-order chi connectivity index (χ0) is 26.7. The Morgan fingerprint density at radius 1 is 1.05 bits per heavy atom. The van der Waals surface area contributed by atoms with E-state index < -0.39 is 18.0 Å². The molecular formula is C27H26N2O7S. The molecule has 37 heavy (non-hydrogen) atoms. The van der Waals surface area contributed by atoms with Crippen LogP contribution in [0.4, 0.5) is 0 Å². The number of methoxy groups -OCH3 is 3. The molecule has 0 amide bonds. The second-order valence-electron chi connectivity index (χ2n) is 8.00. The molecule has 0 aliphatic carbocycles. The van der Waals surface area contributed by atoms with E-state index >= 15 is 0 Å². The number of thiazole rings is 1. The summed E-state index contributed by atoms with van der Waals surface area (Å²) in [7, 11) is 4.34. The van der Waals surface area contributed by atoms with Crippen molar-refractivity contribution in [1.29, 1.82) is 0 Å². The fourth-order valence-corrected chi connectivity index (χ4v) is 5.24. The van der Waals surface area contributed by atoms with Crippen LogP contribution in [0.2, 0.25) is 0 Å². The van der Waals surface area contributed by atoms with Crippen LogP contribution in [0.25, 0.3) is 6.08 Å². The van der Waals surface area contributed by atoms with Gasteiger partial charge in [0.05, 0.1) is 49.3 Å². The van der Waals surface area contributed by atoms with Crippen LogP contribution in [-0.2, 0) is 14.3 Å². The van der Waals surface area contributed by atoms with Gasteiger partial charge in [-0.15, -0.1) is 0 Å². The number of nitrogens with zero attached hydrogens (tertiary/aromatic N) is 2.